The molecule has 0 heterocycles. The van der Waals surface area contributed by atoms with Crippen molar-refractivity contribution < 1.29 is 9.53 Å². The topological polar surface area (TPSA) is 64.3 Å². The van der Waals surface area contributed by atoms with E-state index in [9.17, 15) is 4.79 Å². The maximum absolute atomic E-state index is 11.9. The molecule has 4 nitrogen and oxygen atoms in total. The Kier molecular flexibility index (Phi) is 5.50. The van der Waals surface area contributed by atoms with E-state index in [2.05, 4.69) is 37.2 Å². The second-order valence-electron chi connectivity index (χ2n) is 4.15. The number of nitrogen functional groups attached to an aromatic ring is 1. The summed E-state index contributed by atoms with van der Waals surface area (Å²) in [5.74, 6) is 0.272. The number of hydrogen-bond donors (Lipinski definition) is 2. The zero-order valence-corrected chi connectivity index (χ0v) is 14.6. The molecule has 2 aromatic rings. The predicted molar refractivity (Wildman–Crippen MR) is 91.8 cm³/mol. The number of carbonyl (C=O) groups excluding carboxylic acids is 1. The quantitative estimate of drug-likeness (QED) is 0.698. The van der Waals surface area contributed by atoms with Gasteiger partial charge >= 0.3 is 0 Å². The monoisotopic (exact) mass is 432 g/mol. The predicted octanol–water partition coefficient (Wildman–Crippen LogP) is 4.46. The van der Waals surface area contributed by atoms with E-state index in [4.69, 9.17) is 22.1 Å². The summed E-state index contributed by atoms with van der Waals surface area (Å²) in [5, 5.41) is 3.05. The maximum atomic E-state index is 11.9. The summed E-state index contributed by atoms with van der Waals surface area (Å²) in [6.45, 7) is -0.124. The number of carbonyl (C=O) groups is 1. The molecule has 0 radical (unpaired) electrons. The summed E-state index contributed by atoms with van der Waals surface area (Å²) in [7, 11) is 0. The summed E-state index contributed by atoms with van der Waals surface area (Å²) in [6, 6.07) is 10.3. The summed E-state index contributed by atoms with van der Waals surface area (Å²) < 4.78 is 7.12. The number of rotatable bonds is 4. The van der Waals surface area contributed by atoms with Crippen LogP contribution in [0.4, 0.5) is 11.4 Å². The van der Waals surface area contributed by atoms with Gasteiger partial charge in [0.15, 0.2) is 6.61 Å². The molecule has 0 aliphatic rings. The third kappa shape index (κ3) is 4.62. The van der Waals surface area contributed by atoms with Crippen LogP contribution in [-0.2, 0) is 4.79 Å². The Hall–Kier alpha value is -1.24. The van der Waals surface area contributed by atoms with E-state index in [1.165, 1.54) is 0 Å². The fourth-order valence-corrected chi connectivity index (χ4v) is 2.95. The molecule has 2 rings (SSSR count). The molecular formula is C14H11Br2ClN2O2. The van der Waals surface area contributed by atoms with Gasteiger partial charge in [0.1, 0.15) is 5.75 Å². The lowest BCUT2D eigenvalue weighted by Crippen LogP contribution is -2.20. The Morgan fingerprint density at radius 2 is 2.00 bits per heavy atom. The number of nitrogens with one attached hydrogen (secondary N) is 1. The Labute approximate surface area is 143 Å². The van der Waals surface area contributed by atoms with Crippen molar-refractivity contribution >= 4 is 60.7 Å². The third-order valence-electron chi connectivity index (χ3n) is 2.52. The van der Waals surface area contributed by atoms with Crippen molar-refractivity contribution in [2.45, 2.75) is 0 Å². The second-order valence-corrected chi connectivity index (χ2v) is 6.33. The molecule has 0 fully saturated rings. The number of ether oxygens (including phenoxy) is 1. The fourth-order valence-electron chi connectivity index (χ4n) is 1.55. The number of hydrogen-bond acceptors (Lipinski definition) is 3. The summed E-state index contributed by atoms with van der Waals surface area (Å²) >= 11 is 12.7. The van der Waals surface area contributed by atoms with E-state index in [1.54, 1.807) is 24.3 Å². The lowest BCUT2D eigenvalue weighted by molar-refractivity contribution is -0.118. The van der Waals surface area contributed by atoms with Gasteiger partial charge in [-0.15, -0.1) is 0 Å². The Morgan fingerprint density at radius 3 is 2.67 bits per heavy atom. The van der Waals surface area contributed by atoms with Crippen molar-refractivity contribution in [3.05, 3.63) is 50.4 Å². The zero-order chi connectivity index (χ0) is 15.4. The van der Waals surface area contributed by atoms with Crippen LogP contribution in [0.5, 0.6) is 5.75 Å². The van der Waals surface area contributed by atoms with Crippen LogP contribution in [0.1, 0.15) is 0 Å². The van der Waals surface area contributed by atoms with Gasteiger partial charge < -0.3 is 15.8 Å². The van der Waals surface area contributed by atoms with Crippen LogP contribution < -0.4 is 15.8 Å². The van der Waals surface area contributed by atoms with Gasteiger partial charge in [0.2, 0.25) is 0 Å². The van der Waals surface area contributed by atoms with Crippen molar-refractivity contribution in [2.75, 3.05) is 17.7 Å². The number of benzene rings is 2. The van der Waals surface area contributed by atoms with E-state index < -0.39 is 0 Å². The molecule has 0 bridgehead atoms. The number of anilines is 2. The number of halogens is 3. The normalized spacial score (nSPS) is 10.2. The molecule has 3 N–H and O–H groups in total. The molecule has 0 saturated carbocycles. The van der Waals surface area contributed by atoms with Crippen LogP contribution >= 0.6 is 43.5 Å². The number of amides is 1. The highest BCUT2D eigenvalue weighted by atomic mass is 79.9. The Bertz CT molecular complexity index is 680. The molecule has 0 atom stereocenters. The molecular weight excluding hydrogens is 423 g/mol. The van der Waals surface area contributed by atoms with Crippen molar-refractivity contribution in [1.82, 2.24) is 0 Å². The molecule has 0 aliphatic heterocycles. The van der Waals surface area contributed by atoms with Gasteiger partial charge in [0.25, 0.3) is 5.91 Å². The molecule has 0 unspecified atom stereocenters. The lowest BCUT2D eigenvalue weighted by Gasteiger charge is -2.10. The van der Waals surface area contributed by atoms with Crippen molar-refractivity contribution in [2.24, 2.45) is 0 Å². The average molecular weight is 435 g/mol. The van der Waals surface area contributed by atoms with Crippen LogP contribution in [0.3, 0.4) is 0 Å². The van der Waals surface area contributed by atoms with Gasteiger partial charge in [-0.05, 0) is 52.3 Å². The van der Waals surface area contributed by atoms with E-state index in [1.807, 2.05) is 12.1 Å². The minimum atomic E-state index is -0.309. The van der Waals surface area contributed by atoms with Gasteiger partial charge in [-0.25, -0.2) is 0 Å². The third-order valence-corrected chi connectivity index (χ3v) is 3.95. The minimum Gasteiger partial charge on any atom is -0.483 e. The second kappa shape index (κ2) is 7.15. The van der Waals surface area contributed by atoms with Gasteiger partial charge in [-0.2, -0.15) is 0 Å². The van der Waals surface area contributed by atoms with E-state index in [0.717, 1.165) is 8.95 Å². The average Bonchev–Trinajstić information content (AvgIpc) is 2.41. The van der Waals surface area contributed by atoms with Crippen molar-refractivity contribution in [3.63, 3.8) is 0 Å². The van der Waals surface area contributed by atoms with Crippen LogP contribution in [0.15, 0.2) is 45.3 Å². The fraction of sp³-hybridized carbons (Fsp3) is 0.0714. The van der Waals surface area contributed by atoms with Gasteiger partial charge in [0.05, 0.1) is 15.2 Å². The maximum Gasteiger partial charge on any atom is 0.262 e. The molecule has 2 aromatic carbocycles. The minimum absolute atomic E-state index is 0.124. The first-order valence-corrected chi connectivity index (χ1v) is 7.85. The molecule has 0 aliphatic carbocycles. The van der Waals surface area contributed by atoms with Crippen LogP contribution in [0.25, 0.3) is 0 Å². The zero-order valence-electron chi connectivity index (χ0n) is 10.7. The molecule has 0 saturated heterocycles. The summed E-state index contributed by atoms with van der Waals surface area (Å²) in [6.07, 6.45) is 0. The highest BCUT2D eigenvalue weighted by molar-refractivity contribution is 9.11. The lowest BCUT2D eigenvalue weighted by atomic mass is 10.3. The van der Waals surface area contributed by atoms with E-state index in [-0.39, 0.29) is 12.5 Å². The first kappa shape index (κ1) is 16.1. The highest BCUT2D eigenvalue weighted by Crippen LogP contribution is 2.28. The molecule has 21 heavy (non-hydrogen) atoms. The van der Waals surface area contributed by atoms with Crippen LogP contribution in [0.2, 0.25) is 5.02 Å². The van der Waals surface area contributed by atoms with E-state index in [0.29, 0.717) is 22.1 Å². The largest absolute Gasteiger partial charge is 0.483 e. The molecule has 1 amide bonds. The SMILES string of the molecule is Nc1ccc(NC(=O)COc2ccc(Br)cc2Br)c(Cl)c1. The molecule has 110 valence electrons. The standard InChI is InChI=1S/C14H11Br2ClN2O2/c15-8-1-4-13(10(16)5-8)21-7-14(20)19-12-3-2-9(18)6-11(12)17/h1-6H,7,18H2,(H,19,20). The van der Waals surface area contributed by atoms with Gasteiger partial charge in [-0.3, -0.25) is 4.79 Å². The van der Waals surface area contributed by atoms with Crippen molar-refractivity contribution in [3.8, 4) is 5.75 Å². The van der Waals surface area contributed by atoms with Gasteiger partial charge in [-0.1, -0.05) is 27.5 Å². The van der Waals surface area contributed by atoms with E-state index >= 15 is 0 Å². The Morgan fingerprint density at radius 1 is 1.24 bits per heavy atom. The van der Waals surface area contributed by atoms with Crippen LogP contribution in [0, 0.1) is 0 Å². The van der Waals surface area contributed by atoms with Gasteiger partial charge in [0, 0.05) is 10.2 Å². The van der Waals surface area contributed by atoms with Crippen molar-refractivity contribution in [1.29, 1.82) is 0 Å². The molecule has 0 aromatic heterocycles. The smallest absolute Gasteiger partial charge is 0.262 e. The first-order chi connectivity index (χ1) is 9.95. The molecule has 0 spiro atoms. The van der Waals surface area contributed by atoms with Crippen LogP contribution in [-0.4, -0.2) is 12.5 Å². The molecule has 7 heteroatoms. The Balaban J connectivity index is 1.96. The number of nitrogens with two attached hydrogens (primary N) is 1. The highest BCUT2D eigenvalue weighted by Gasteiger charge is 2.08. The first-order valence-electron chi connectivity index (χ1n) is 5.88. The summed E-state index contributed by atoms with van der Waals surface area (Å²) in [4.78, 5) is 11.9. The summed E-state index contributed by atoms with van der Waals surface area (Å²) in [5.41, 5.74) is 6.62.